The van der Waals surface area contributed by atoms with E-state index in [2.05, 4.69) is 56.5 Å². The summed E-state index contributed by atoms with van der Waals surface area (Å²) in [6.07, 6.45) is 4.92. The third kappa shape index (κ3) is 4.15. The molecule has 2 aliphatic heterocycles. The van der Waals surface area contributed by atoms with Crippen LogP contribution in [0.25, 0.3) is 10.8 Å². The van der Waals surface area contributed by atoms with Crippen molar-refractivity contribution in [2.45, 2.75) is 50.4 Å². The first-order chi connectivity index (χ1) is 19.6. The van der Waals surface area contributed by atoms with Gasteiger partial charge in [-0.15, -0.1) is 5.10 Å². The molecular weight excluding hydrogens is 507 g/mol. The van der Waals surface area contributed by atoms with Crippen LogP contribution in [0, 0.1) is 5.82 Å². The van der Waals surface area contributed by atoms with Crippen molar-refractivity contribution in [3.63, 3.8) is 0 Å². The summed E-state index contributed by atoms with van der Waals surface area (Å²) in [6.45, 7) is 3.21. The number of halogens is 1. The standard InChI is InChI=1S/C31H33FN6O2/c32-24-8-10-26(11-9-24)38-21-36(14-3-15-37-19-25(20-39)33-34-37)30(40)31(38)12-16-35(17-13-31)28-18-23-6-1-4-22-5-2-7-27(28)29(22)23/h1-2,4-11,19,28,39H,3,12-18,20-21H2. The van der Waals surface area contributed by atoms with Gasteiger partial charge in [0.05, 0.1) is 19.5 Å². The van der Waals surface area contributed by atoms with Crippen LogP contribution >= 0.6 is 0 Å². The average molecular weight is 541 g/mol. The first kappa shape index (κ1) is 25.2. The van der Waals surface area contributed by atoms with Gasteiger partial charge in [0.1, 0.15) is 17.1 Å². The Morgan fingerprint density at radius 3 is 2.52 bits per heavy atom. The number of aryl methyl sites for hydroxylation is 1. The number of aliphatic hydroxyl groups excluding tert-OH is 1. The van der Waals surface area contributed by atoms with Crippen LogP contribution in [-0.2, 0) is 24.4 Å². The van der Waals surface area contributed by atoms with Crippen LogP contribution in [-0.4, -0.2) is 67.6 Å². The molecular formula is C31H33FN6O2. The average Bonchev–Trinajstić information content (AvgIpc) is 3.67. The Bertz CT molecular complexity index is 1540. The van der Waals surface area contributed by atoms with E-state index in [0.717, 1.165) is 44.5 Å². The minimum Gasteiger partial charge on any atom is -0.390 e. The molecule has 0 saturated carbocycles. The number of aliphatic hydroxyl groups is 1. The second-order valence-electron chi connectivity index (χ2n) is 11.2. The topological polar surface area (TPSA) is 77.7 Å². The number of benzene rings is 3. The van der Waals surface area contributed by atoms with Crippen molar-refractivity contribution in [3.8, 4) is 0 Å². The van der Waals surface area contributed by atoms with Gasteiger partial charge in [0.15, 0.2) is 0 Å². The summed E-state index contributed by atoms with van der Waals surface area (Å²) in [4.78, 5) is 20.8. The van der Waals surface area contributed by atoms with Gasteiger partial charge in [0, 0.05) is 37.9 Å². The number of carbonyl (C=O) groups excluding carboxylic acids is 1. The fourth-order valence-corrected chi connectivity index (χ4v) is 7.08. The van der Waals surface area contributed by atoms with Gasteiger partial charge < -0.3 is 14.9 Å². The molecule has 1 atom stereocenters. The number of aromatic nitrogens is 3. The Labute approximate surface area is 232 Å². The number of hydrogen-bond acceptors (Lipinski definition) is 6. The van der Waals surface area contributed by atoms with Crippen molar-refractivity contribution in [3.05, 3.63) is 89.5 Å². The quantitative estimate of drug-likeness (QED) is 0.383. The number of hydrogen-bond donors (Lipinski definition) is 1. The van der Waals surface area contributed by atoms with Crippen LogP contribution in [0.4, 0.5) is 10.1 Å². The van der Waals surface area contributed by atoms with Crippen LogP contribution in [0.3, 0.4) is 0 Å². The third-order valence-electron chi connectivity index (χ3n) is 9.08. The Balaban J connectivity index is 1.10. The zero-order valence-corrected chi connectivity index (χ0v) is 22.4. The number of likely N-dealkylation sites (tertiary alicyclic amines) is 1. The Kier molecular flexibility index (Phi) is 6.28. The molecule has 0 bridgehead atoms. The molecule has 3 aliphatic rings. The van der Waals surface area contributed by atoms with Gasteiger partial charge in [-0.05, 0) is 71.8 Å². The van der Waals surface area contributed by atoms with Gasteiger partial charge in [-0.25, -0.2) is 4.39 Å². The lowest BCUT2D eigenvalue weighted by molar-refractivity contribution is -0.133. The molecule has 1 spiro atoms. The molecule has 1 amide bonds. The first-order valence-electron chi connectivity index (χ1n) is 14.1. The number of anilines is 1. The van der Waals surface area contributed by atoms with E-state index in [9.17, 15) is 14.3 Å². The highest BCUT2D eigenvalue weighted by Crippen LogP contribution is 2.45. The van der Waals surface area contributed by atoms with Crippen LogP contribution in [0.2, 0.25) is 0 Å². The molecule has 7 rings (SSSR count). The predicted molar refractivity (Wildman–Crippen MR) is 150 cm³/mol. The number of amides is 1. The number of rotatable bonds is 7. The smallest absolute Gasteiger partial charge is 0.250 e. The summed E-state index contributed by atoms with van der Waals surface area (Å²) in [5.74, 6) is -0.122. The maximum absolute atomic E-state index is 14.1. The van der Waals surface area contributed by atoms with Gasteiger partial charge in [0.2, 0.25) is 5.91 Å². The summed E-state index contributed by atoms with van der Waals surface area (Å²) in [6, 6.07) is 20.1. The molecule has 0 radical (unpaired) electrons. The van der Waals surface area contributed by atoms with Crippen LogP contribution in [0.5, 0.6) is 0 Å². The summed E-state index contributed by atoms with van der Waals surface area (Å²) in [5.41, 5.74) is 3.59. The maximum atomic E-state index is 14.1. The summed E-state index contributed by atoms with van der Waals surface area (Å²) in [7, 11) is 0. The Hall–Kier alpha value is -3.82. The molecule has 3 heterocycles. The van der Waals surface area contributed by atoms with Gasteiger partial charge >= 0.3 is 0 Å². The normalized spacial score (nSPS) is 20.4. The van der Waals surface area contributed by atoms with Crippen LogP contribution < -0.4 is 4.90 Å². The van der Waals surface area contributed by atoms with Crippen molar-refractivity contribution in [1.29, 1.82) is 0 Å². The lowest BCUT2D eigenvalue weighted by Gasteiger charge is -2.45. The molecule has 3 aromatic carbocycles. The molecule has 1 unspecified atom stereocenters. The molecule has 9 heteroatoms. The van der Waals surface area contributed by atoms with E-state index >= 15 is 0 Å². The van der Waals surface area contributed by atoms with Crippen LogP contribution in [0.1, 0.15) is 42.1 Å². The van der Waals surface area contributed by atoms with Crippen molar-refractivity contribution in [2.75, 3.05) is 31.2 Å². The fraction of sp³-hybridized carbons (Fsp3) is 0.387. The van der Waals surface area contributed by atoms with E-state index in [1.54, 1.807) is 23.0 Å². The number of carbonyl (C=O) groups is 1. The highest BCUT2D eigenvalue weighted by atomic mass is 19.1. The van der Waals surface area contributed by atoms with E-state index in [-0.39, 0.29) is 18.3 Å². The fourth-order valence-electron chi connectivity index (χ4n) is 7.08. The van der Waals surface area contributed by atoms with E-state index in [1.165, 1.54) is 34.0 Å². The molecule has 1 N–H and O–H groups in total. The highest BCUT2D eigenvalue weighted by molar-refractivity contribution is 5.94. The molecule has 40 heavy (non-hydrogen) atoms. The SMILES string of the molecule is O=C1N(CCCn2cc(CO)nn2)CN(c2ccc(F)cc2)C12CCN(C1Cc3cccc4cccc1c34)CC2. The molecule has 4 aromatic rings. The van der Waals surface area contributed by atoms with Gasteiger partial charge in [-0.3, -0.25) is 14.4 Å². The zero-order chi connectivity index (χ0) is 27.3. The van der Waals surface area contributed by atoms with Gasteiger partial charge in [-0.2, -0.15) is 0 Å². The van der Waals surface area contributed by atoms with E-state index < -0.39 is 5.54 Å². The molecule has 1 aromatic heterocycles. The van der Waals surface area contributed by atoms with Crippen molar-refractivity contribution < 1.29 is 14.3 Å². The minimum atomic E-state index is -0.636. The summed E-state index contributed by atoms with van der Waals surface area (Å²) >= 11 is 0. The van der Waals surface area contributed by atoms with Gasteiger partial charge in [0.25, 0.3) is 0 Å². The predicted octanol–water partition coefficient (Wildman–Crippen LogP) is 3.89. The zero-order valence-electron chi connectivity index (χ0n) is 22.4. The Morgan fingerprint density at radius 2 is 1.77 bits per heavy atom. The monoisotopic (exact) mass is 540 g/mol. The molecule has 8 nitrogen and oxygen atoms in total. The van der Waals surface area contributed by atoms with Crippen molar-refractivity contribution in [2.24, 2.45) is 0 Å². The Morgan fingerprint density at radius 1 is 1.00 bits per heavy atom. The maximum Gasteiger partial charge on any atom is 0.250 e. The van der Waals surface area contributed by atoms with Gasteiger partial charge in [-0.1, -0.05) is 41.6 Å². The van der Waals surface area contributed by atoms with E-state index in [0.29, 0.717) is 31.5 Å². The number of nitrogens with zero attached hydrogens (tertiary/aromatic N) is 6. The number of piperidine rings is 1. The molecule has 206 valence electrons. The molecule has 2 fully saturated rings. The summed E-state index contributed by atoms with van der Waals surface area (Å²) in [5, 5.41) is 19.9. The first-order valence-corrected chi connectivity index (χ1v) is 14.1. The highest BCUT2D eigenvalue weighted by Gasteiger charge is 2.54. The van der Waals surface area contributed by atoms with E-state index in [1.807, 2.05) is 4.90 Å². The van der Waals surface area contributed by atoms with E-state index in [4.69, 9.17) is 0 Å². The minimum absolute atomic E-state index is 0.140. The lowest BCUT2D eigenvalue weighted by atomic mass is 9.84. The van der Waals surface area contributed by atoms with Crippen LogP contribution in [0.15, 0.2) is 66.9 Å². The second kappa shape index (κ2) is 9.98. The second-order valence-corrected chi connectivity index (χ2v) is 11.2. The molecule has 1 aliphatic carbocycles. The van der Waals surface area contributed by atoms with Crippen molar-refractivity contribution in [1.82, 2.24) is 24.8 Å². The third-order valence-corrected chi connectivity index (χ3v) is 9.08. The molecule has 2 saturated heterocycles. The largest absolute Gasteiger partial charge is 0.390 e. The lowest BCUT2D eigenvalue weighted by Crippen LogP contribution is -2.57. The summed E-state index contributed by atoms with van der Waals surface area (Å²) < 4.78 is 15.5. The van der Waals surface area contributed by atoms with Crippen molar-refractivity contribution >= 4 is 22.4 Å².